The van der Waals surface area contributed by atoms with E-state index < -0.39 is 0 Å². The van der Waals surface area contributed by atoms with Crippen LogP contribution in [0.25, 0.3) is 11.1 Å². The number of ether oxygens (including phenoxy) is 3. The van der Waals surface area contributed by atoms with Crippen molar-refractivity contribution < 1.29 is 19.0 Å². The fraction of sp³-hybridized carbons (Fsp3) is 0.296. The second-order valence-electron chi connectivity index (χ2n) is 9.02. The van der Waals surface area contributed by atoms with Gasteiger partial charge >= 0.3 is 0 Å². The fourth-order valence-electron chi connectivity index (χ4n) is 4.22. The Morgan fingerprint density at radius 3 is 2.62 bits per heavy atom. The third-order valence-corrected chi connectivity index (χ3v) is 6.24. The number of carbonyl (C=O) groups is 1. The van der Waals surface area contributed by atoms with Gasteiger partial charge in [-0.25, -0.2) is 14.6 Å². The number of benzene rings is 2. The molecule has 1 fully saturated rings. The number of tetrazole rings is 1. The van der Waals surface area contributed by atoms with Gasteiger partial charge in [0.15, 0.2) is 0 Å². The zero-order chi connectivity index (χ0) is 27.9. The number of hydrogen-bond donors (Lipinski definition) is 1. The summed E-state index contributed by atoms with van der Waals surface area (Å²) in [6, 6.07) is 12.7. The number of nitrogens with one attached hydrogen (secondary N) is 1. The number of aromatic nitrogens is 6. The standard InChI is InChI=1S/C27H27N9O4/c1-18(16-36-17-31-33-34-36)40-25-12-19(3-4-21(25)13-28)22-14-29-27(30-15-22)32-23-11-20(5-6-24(23)38-2)26(37)35-7-9-39-10-8-35/h3-6,11-12,14-15,17-18H,7-10,16H2,1-2H3,(H,29,30,32)/t18-/m0/s1. The number of amides is 1. The predicted molar refractivity (Wildman–Crippen MR) is 143 cm³/mol. The maximum Gasteiger partial charge on any atom is 0.254 e. The van der Waals surface area contributed by atoms with Gasteiger partial charge in [0, 0.05) is 36.6 Å². The number of rotatable bonds is 9. The van der Waals surface area contributed by atoms with Crippen molar-refractivity contribution in [3.63, 3.8) is 0 Å². The molecule has 2 aromatic carbocycles. The van der Waals surface area contributed by atoms with Crippen LogP contribution in [0.15, 0.2) is 55.1 Å². The monoisotopic (exact) mass is 541 g/mol. The topological polar surface area (TPSA) is 153 Å². The highest BCUT2D eigenvalue weighted by Gasteiger charge is 2.20. The Bertz CT molecular complexity index is 1500. The maximum atomic E-state index is 13.0. The molecular formula is C27H27N9O4. The highest BCUT2D eigenvalue weighted by atomic mass is 16.5. The minimum Gasteiger partial charge on any atom is -0.495 e. The molecule has 3 heterocycles. The molecule has 13 nitrogen and oxygen atoms in total. The number of morpholine rings is 1. The van der Waals surface area contributed by atoms with E-state index in [0.29, 0.717) is 67.1 Å². The molecule has 40 heavy (non-hydrogen) atoms. The van der Waals surface area contributed by atoms with Gasteiger partial charge in [-0.15, -0.1) is 5.10 Å². The van der Waals surface area contributed by atoms with Gasteiger partial charge in [0.05, 0.1) is 38.1 Å². The Hall–Kier alpha value is -5.09. The molecule has 2 aromatic heterocycles. The minimum absolute atomic E-state index is 0.0728. The Labute approximate surface area is 230 Å². The fourth-order valence-corrected chi connectivity index (χ4v) is 4.22. The van der Waals surface area contributed by atoms with E-state index >= 15 is 0 Å². The first kappa shape index (κ1) is 26.5. The van der Waals surface area contributed by atoms with Gasteiger partial charge < -0.3 is 24.4 Å². The average molecular weight is 542 g/mol. The van der Waals surface area contributed by atoms with E-state index in [1.165, 1.54) is 6.33 Å². The first-order chi connectivity index (χ1) is 19.5. The third kappa shape index (κ3) is 6.13. The van der Waals surface area contributed by atoms with Crippen molar-refractivity contribution in [2.75, 3.05) is 38.7 Å². The number of carbonyl (C=O) groups excluding carboxylic acids is 1. The average Bonchev–Trinajstić information content (AvgIpc) is 3.50. The normalized spacial score (nSPS) is 13.8. The van der Waals surface area contributed by atoms with E-state index in [0.717, 1.165) is 11.1 Å². The third-order valence-electron chi connectivity index (χ3n) is 6.24. The summed E-state index contributed by atoms with van der Waals surface area (Å²) in [6.45, 7) is 4.46. The van der Waals surface area contributed by atoms with Crippen LogP contribution in [0, 0.1) is 11.3 Å². The van der Waals surface area contributed by atoms with Crippen LogP contribution in [-0.2, 0) is 11.3 Å². The first-order valence-corrected chi connectivity index (χ1v) is 12.6. The van der Waals surface area contributed by atoms with Crippen molar-refractivity contribution >= 4 is 17.5 Å². The lowest BCUT2D eigenvalue weighted by Gasteiger charge is -2.27. The lowest BCUT2D eigenvalue weighted by molar-refractivity contribution is 0.0303. The predicted octanol–water partition coefficient (Wildman–Crippen LogP) is 2.69. The largest absolute Gasteiger partial charge is 0.495 e. The molecule has 1 aliphatic heterocycles. The Balaban J connectivity index is 1.32. The summed E-state index contributed by atoms with van der Waals surface area (Å²) >= 11 is 0. The number of methoxy groups -OCH3 is 1. The lowest BCUT2D eigenvalue weighted by Crippen LogP contribution is -2.40. The molecule has 13 heteroatoms. The maximum absolute atomic E-state index is 13.0. The van der Waals surface area contributed by atoms with E-state index in [-0.39, 0.29) is 12.0 Å². The summed E-state index contributed by atoms with van der Waals surface area (Å²) in [7, 11) is 1.56. The van der Waals surface area contributed by atoms with Gasteiger partial charge in [-0.2, -0.15) is 5.26 Å². The molecule has 0 aliphatic carbocycles. The second kappa shape index (κ2) is 12.2. The van der Waals surface area contributed by atoms with Crippen LogP contribution in [0.1, 0.15) is 22.8 Å². The Kier molecular flexibility index (Phi) is 8.07. The van der Waals surface area contributed by atoms with Gasteiger partial charge in [0.2, 0.25) is 5.95 Å². The van der Waals surface area contributed by atoms with Crippen molar-refractivity contribution in [3.05, 3.63) is 66.2 Å². The number of nitrogens with zero attached hydrogens (tertiary/aromatic N) is 8. The van der Waals surface area contributed by atoms with Crippen molar-refractivity contribution in [1.29, 1.82) is 5.26 Å². The quantitative estimate of drug-likeness (QED) is 0.333. The van der Waals surface area contributed by atoms with Crippen LogP contribution in [0.4, 0.5) is 11.6 Å². The van der Waals surface area contributed by atoms with Gasteiger partial charge in [0.25, 0.3) is 5.91 Å². The SMILES string of the molecule is COc1ccc(C(=O)N2CCOCC2)cc1Nc1ncc(-c2ccc(C#N)c(O[C@@H](C)Cn3cnnn3)c2)cn1. The van der Waals surface area contributed by atoms with Gasteiger partial charge in [-0.3, -0.25) is 4.79 Å². The Morgan fingerprint density at radius 1 is 1.12 bits per heavy atom. The first-order valence-electron chi connectivity index (χ1n) is 12.6. The van der Waals surface area contributed by atoms with Crippen LogP contribution in [-0.4, -0.2) is 80.5 Å². The molecule has 4 aromatic rings. The molecular weight excluding hydrogens is 514 g/mol. The van der Waals surface area contributed by atoms with Crippen LogP contribution >= 0.6 is 0 Å². The van der Waals surface area contributed by atoms with Crippen molar-refractivity contribution in [3.8, 4) is 28.7 Å². The van der Waals surface area contributed by atoms with E-state index in [1.807, 2.05) is 13.0 Å². The van der Waals surface area contributed by atoms with Crippen LogP contribution in [0.3, 0.4) is 0 Å². The Morgan fingerprint density at radius 2 is 1.93 bits per heavy atom. The van der Waals surface area contributed by atoms with E-state index in [1.54, 1.807) is 59.4 Å². The van der Waals surface area contributed by atoms with Gasteiger partial charge in [-0.05, 0) is 53.2 Å². The van der Waals surface area contributed by atoms with Crippen LogP contribution in [0.2, 0.25) is 0 Å². The van der Waals surface area contributed by atoms with Crippen LogP contribution < -0.4 is 14.8 Å². The van der Waals surface area contributed by atoms with Gasteiger partial charge in [0.1, 0.15) is 30.0 Å². The number of nitriles is 1. The van der Waals surface area contributed by atoms with E-state index in [9.17, 15) is 10.1 Å². The molecule has 204 valence electrons. The van der Waals surface area contributed by atoms with Crippen molar-refractivity contribution in [1.82, 2.24) is 35.1 Å². The van der Waals surface area contributed by atoms with Crippen molar-refractivity contribution in [2.45, 2.75) is 19.6 Å². The van der Waals surface area contributed by atoms with E-state index in [2.05, 4.69) is 36.9 Å². The summed E-state index contributed by atoms with van der Waals surface area (Å²) in [5.41, 5.74) is 3.02. The molecule has 1 amide bonds. The summed E-state index contributed by atoms with van der Waals surface area (Å²) < 4.78 is 18.4. The zero-order valence-electron chi connectivity index (χ0n) is 22.0. The smallest absolute Gasteiger partial charge is 0.254 e. The van der Waals surface area contributed by atoms with E-state index in [4.69, 9.17) is 14.2 Å². The highest BCUT2D eigenvalue weighted by molar-refractivity contribution is 5.96. The van der Waals surface area contributed by atoms with Crippen molar-refractivity contribution in [2.24, 2.45) is 0 Å². The highest BCUT2D eigenvalue weighted by Crippen LogP contribution is 2.30. The molecule has 1 aliphatic rings. The summed E-state index contributed by atoms with van der Waals surface area (Å²) in [5.74, 6) is 1.25. The minimum atomic E-state index is -0.283. The molecule has 0 bridgehead atoms. The molecule has 0 spiro atoms. The zero-order valence-corrected chi connectivity index (χ0v) is 22.0. The second-order valence-corrected chi connectivity index (χ2v) is 9.02. The number of anilines is 2. The molecule has 0 radical (unpaired) electrons. The molecule has 0 unspecified atom stereocenters. The summed E-state index contributed by atoms with van der Waals surface area (Å²) in [4.78, 5) is 23.6. The number of hydrogen-bond acceptors (Lipinski definition) is 11. The summed E-state index contributed by atoms with van der Waals surface area (Å²) in [5, 5.41) is 23.8. The molecule has 1 N–H and O–H groups in total. The lowest BCUT2D eigenvalue weighted by atomic mass is 10.1. The molecule has 0 saturated carbocycles. The molecule has 1 saturated heterocycles. The molecule has 1 atom stereocenters. The molecule has 5 rings (SSSR count). The summed E-state index contributed by atoms with van der Waals surface area (Å²) in [6.07, 6.45) is 4.55. The van der Waals surface area contributed by atoms with Crippen LogP contribution in [0.5, 0.6) is 11.5 Å². The van der Waals surface area contributed by atoms with Gasteiger partial charge in [-0.1, -0.05) is 6.07 Å².